The summed E-state index contributed by atoms with van der Waals surface area (Å²) in [5, 5.41) is 0. The number of para-hydroxylation sites is 1. The van der Waals surface area contributed by atoms with Gasteiger partial charge in [0.15, 0.2) is 0 Å². The monoisotopic (exact) mass is 434 g/mol. The number of nitrogens with one attached hydrogen (secondary N) is 1. The summed E-state index contributed by atoms with van der Waals surface area (Å²) in [6.45, 7) is 3.96. The third-order valence-corrected chi connectivity index (χ3v) is 7.37. The average Bonchev–Trinajstić information content (AvgIpc) is 3.08. The van der Waals surface area contributed by atoms with Gasteiger partial charge in [0.2, 0.25) is 10.0 Å². The Hall–Kier alpha value is -2.63. The third kappa shape index (κ3) is 5.17. The number of hydrogen-bond donors (Lipinski definition) is 1. The fraction of sp³-hybridized carbons (Fsp3) is 0.308. The molecule has 5 heteroatoms. The van der Waals surface area contributed by atoms with Gasteiger partial charge in [-0.1, -0.05) is 79.1 Å². The maximum Gasteiger partial charge on any atom is 0.241 e. The number of aryl methyl sites for hydroxylation is 1. The van der Waals surface area contributed by atoms with Gasteiger partial charge in [0, 0.05) is 18.8 Å². The number of hydrogen-bond acceptors (Lipinski definition) is 3. The van der Waals surface area contributed by atoms with Gasteiger partial charge in [-0.15, -0.1) is 0 Å². The molecule has 0 bridgehead atoms. The molecule has 1 saturated heterocycles. The summed E-state index contributed by atoms with van der Waals surface area (Å²) < 4.78 is 29.6. The Bertz CT molecular complexity index is 1090. The minimum Gasteiger partial charge on any atom is -0.371 e. The van der Waals surface area contributed by atoms with Crippen molar-refractivity contribution in [3.8, 4) is 0 Å². The van der Waals surface area contributed by atoms with E-state index in [9.17, 15) is 8.42 Å². The van der Waals surface area contributed by atoms with Crippen molar-refractivity contribution in [2.24, 2.45) is 0 Å². The quantitative estimate of drug-likeness (QED) is 0.562. The lowest BCUT2D eigenvalue weighted by Gasteiger charge is -2.29. The molecule has 31 heavy (non-hydrogen) atoms. The summed E-state index contributed by atoms with van der Waals surface area (Å²) in [6, 6.07) is 24.6. The molecule has 3 aromatic carbocycles. The van der Waals surface area contributed by atoms with Crippen molar-refractivity contribution in [3.05, 3.63) is 95.6 Å². The summed E-state index contributed by atoms with van der Waals surface area (Å²) in [6.07, 6.45) is 4.83. The van der Waals surface area contributed by atoms with Gasteiger partial charge in [0.1, 0.15) is 0 Å². The number of nitrogens with zero attached hydrogens (tertiary/aromatic N) is 1. The van der Waals surface area contributed by atoms with Gasteiger partial charge in [-0.05, 0) is 49.1 Å². The Kier molecular flexibility index (Phi) is 6.73. The van der Waals surface area contributed by atoms with Crippen LogP contribution in [0.1, 0.15) is 48.4 Å². The molecule has 4 rings (SSSR count). The first-order chi connectivity index (χ1) is 15.0. The largest absolute Gasteiger partial charge is 0.371 e. The van der Waals surface area contributed by atoms with E-state index >= 15 is 0 Å². The van der Waals surface area contributed by atoms with E-state index in [1.54, 1.807) is 12.1 Å². The normalized spacial score (nSPS) is 16.0. The molecule has 0 aliphatic carbocycles. The Morgan fingerprint density at radius 2 is 1.39 bits per heavy atom. The van der Waals surface area contributed by atoms with Crippen molar-refractivity contribution in [1.29, 1.82) is 0 Å². The summed E-state index contributed by atoms with van der Waals surface area (Å²) in [5.41, 5.74) is 4.07. The molecular weight excluding hydrogens is 404 g/mol. The Morgan fingerprint density at radius 3 is 2.06 bits per heavy atom. The van der Waals surface area contributed by atoms with Crippen molar-refractivity contribution < 1.29 is 8.42 Å². The molecule has 0 radical (unpaired) electrons. The second-order valence-electron chi connectivity index (χ2n) is 8.24. The lowest BCUT2D eigenvalue weighted by Crippen LogP contribution is -2.32. The van der Waals surface area contributed by atoms with Crippen LogP contribution >= 0.6 is 0 Å². The van der Waals surface area contributed by atoms with Crippen LogP contribution in [-0.2, 0) is 10.0 Å². The van der Waals surface area contributed by atoms with Crippen molar-refractivity contribution >= 4 is 15.7 Å². The molecule has 1 aliphatic rings. The summed E-state index contributed by atoms with van der Waals surface area (Å²) in [7, 11) is -3.70. The van der Waals surface area contributed by atoms with Crippen LogP contribution in [0.15, 0.2) is 83.8 Å². The summed E-state index contributed by atoms with van der Waals surface area (Å²) >= 11 is 0. The van der Waals surface area contributed by atoms with E-state index in [2.05, 4.69) is 21.8 Å². The fourth-order valence-electron chi connectivity index (χ4n) is 4.23. The van der Waals surface area contributed by atoms with E-state index < -0.39 is 16.1 Å². The van der Waals surface area contributed by atoms with Crippen LogP contribution in [0.5, 0.6) is 0 Å². The minimum absolute atomic E-state index is 0.284. The predicted molar refractivity (Wildman–Crippen MR) is 127 cm³/mol. The van der Waals surface area contributed by atoms with E-state index in [1.165, 1.54) is 25.7 Å². The SMILES string of the molecule is Cc1ccc(S(=O)(=O)NC(c2ccccc2)c2ccccc2N2CCCCCC2)cc1. The minimum atomic E-state index is -3.70. The van der Waals surface area contributed by atoms with Crippen molar-refractivity contribution in [3.63, 3.8) is 0 Å². The first-order valence-corrected chi connectivity index (χ1v) is 12.5. The molecule has 1 N–H and O–H groups in total. The van der Waals surface area contributed by atoms with Crippen molar-refractivity contribution in [2.75, 3.05) is 18.0 Å². The smallest absolute Gasteiger partial charge is 0.241 e. The van der Waals surface area contributed by atoms with E-state index in [1.807, 2.05) is 61.5 Å². The Morgan fingerprint density at radius 1 is 0.774 bits per heavy atom. The lowest BCUT2D eigenvalue weighted by atomic mass is 9.97. The zero-order valence-electron chi connectivity index (χ0n) is 18.0. The van der Waals surface area contributed by atoms with Gasteiger partial charge in [0.05, 0.1) is 10.9 Å². The highest BCUT2D eigenvalue weighted by Crippen LogP contribution is 2.33. The third-order valence-electron chi connectivity index (χ3n) is 5.93. The van der Waals surface area contributed by atoms with Gasteiger partial charge in [-0.25, -0.2) is 8.42 Å². The number of anilines is 1. The molecule has 1 unspecified atom stereocenters. The molecule has 3 aromatic rings. The average molecular weight is 435 g/mol. The standard InChI is InChI=1S/C26H30N2O2S/c1-21-15-17-23(18-16-21)31(29,30)27-26(22-11-5-4-6-12-22)24-13-7-8-14-25(24)28-19-9-2-3-10-20-28/h4-8,11-18,26-27H,2-3,9-10,19-20H2,1H3. The molecule has 0 saturated carbocycles. The van der Waals surface area contributed by atoms with Gasteiger partial charge in [0.25, 0.3) is 0 Å². The number of sulfonamides is 1. The van der Waals surface area contributed by atoms with E-state index in [0.29, 0.717) is 0 Å². The molecule has 0 spiro atoms. The molecule has 1 atom stereocenters. The van der Waals surface area contributed by atoms with E-state index in [4.69, 9.17) is 0 Å². The van der Waals surface area contributed by atoms with Crippen LogP contribution in [0.3, 0.4) is 0 Å². The van der Waals surface area contributed by atoms with Crippen LogP contribution in [0.25, 0.3) is 0 Å². The van der Waals surface area contributed by atoms with Crippen molar-refractivity contribution in [2.45, 2.75) is 43.5 Å². The van der Waals surface area contributed by atoms with Crippen LogP contribution in [0, 0.1) is 6.92 Å². The van der Waals surface area contributed by atoms with E-state index in [-0.39, 0.29) is 4.90 Å². The Balaban J connectivity index is 1.76. The van der Waals surface area contributed by atoms with Crippen LogP contribution < -0.4 is 9.62 Å². The highest BCUT2D eigenvalue weighted by molar-refractivity contribution is 7.89. The van der Waals surface area contributed by atoms with Gasteiger partial charge in [-0.3, -0.25) is 0 Å². The molecule has 162 valence electrons. The van der Waals surface area contributed by atoms with Crippen molar-refractivity contribution in [1.82, 2.24) is 4.72 Å². The van der Waals surface area contributed by atoms with E-state index in [0.717, 1.165) is 35.5 Å². The fourth-order valence-corrected chi connectivity index (χ4v) is 5.43. The summed E-state index contributed by atoms with van der Waals surface area (Å²) in [4.78, 5) is 2.70. The van der Waals surface area contributed by atoms with Crippen LogP contribution in [0.2, 0.25) is 0 Å². The summed E-state index contributed by atoms with van der Waals surface area (Å²) in [5.74, 6) is 0. The highest BCUT2D eigenvalue weighted by atomic mass is 32.2. The van der Waals surface area contributed by atoms with Gasteiger partial charge >= 0.3 is 0 Å². The topological polar surface area (TPSA) is 49.4 Å². The highest BCUT2D eigenvalue weighted by Gasteiger charge is 2.26. The molecule has 4 nitrogen and oxygen atoms in total. The van der Waals surface area contributed by atoms with Gasteiger partial charge in [-0.2, -0.15) is 4.72 Å². The maximum absolute atomic E-state index is 13.3. The molecule has 1 heterocycles. The molecular formula is C26H30N2O2S. The number of rotatable bonds is 6. The Labute approximate surface area is 186 Å². The maximum atomic E-state index is 13.3. The number of benzene rings is 3. The predicted octanol–water partition coefficient (Wildman–Crippen LogP) is 5.44. The molecule has 1 aliphatic heterocycles. The zero-order chi connectivity index (χ0) is 21.7. The first-order valence-electron chi connectivity index (χ1n) is 11.0. The van der Waals surface area contributed by atoms with Crippen LogP contribution in [-0.4, -0.2) is 21.5 Å². The second kappa shape index (κ2) is 9.67. The second-order valence-corrected chi connectivity index (χ2v) is 9.95. The molecule has 1 fully saturated rings. The van der Waals surface area contributed by atoms with Gasteiger partial charge < -0.3 is 4.90 Å². The zero-order valence-corrected chi connectivity index (χ0v) is 18.8. The first kappa shape index (κ1) is 21.6. The van der Waals surface area contributed by atoms with Crippen LogP contribution in [0.4, 0.5) is 5.69 Å². The molecule has 0 amide bonds. The lowest BCUT2D eigenvalue weighted by molar-refractivity contribution is 0.572. The molecule has 0 aromatic heterocycles.